The summed E-state index contributed by atoms with van der Waals surface area (Å²) in [6.07, 6.45) is 0. The van der Waals surface area contributed by atoms with Crippen molar-refractivity contribution in [1.29, 1.82) is 0 Å². The standard InChI is InChI=1S/C18H18ClFN2O4S/c1-12-5-6-13(27(24,25)22-7-9-26-10-8-22)11-14(12)18(23)21-16-4-2-3-15(19)17(16)20/h2-6,11H,7-10H2,1H3,(H,21,23). The number of carbonyl (C=O) groups is 1. The average Bonchev–Trinajstić information content (AvgIpc) is 2.66. The highest BCUT2D eigenvalue weighted by atomic mass is 35.5. The lowest BCUT2D eigenvalue weighted by Gasteiger charge is -2.26. The molecule has 0 aromatic heterocycles. The number of amides is 1. The highest BCUT2D eigenvalue weighted by Crippen LogP contribution is 2.24. The quantitative estimate of drug-likeness (QED) is 0.837. The Morgan fingerprint density at radius 1 is 1.22 bits per heavy atom. The van der Waals surface area contributed by atoms with E-state index in [9.17, 15) is 17.6 Å². The molecule has 0 radical (unpaired) electrons. The van der Waals surface area contributed by atoms with Gasteiger partial charge in [0.05, 0.1) is 28.8 Å². The molecule has 1 saturated heterocycles. The Morgan fingerprint density at radius 3 is 2.63 bits per heavy atom. The van der Waals surface area contributed by atoms with Gasteiger partial charge in [-0.05, 0) is 36.8 Å². The Kier molecular flexibility index (Phi) is 5.81. The van der Waals surface area contributed by atoms with Crippen molar-refractivity contribution < 1.29 is 22.3 Å². The van der Waals surface area contributed by atoms with Gasteiger partial charge in [0.2, 0.25) is 10.0 Å². The highest BCUT2D eigenvalue weighted by Gasteiger charge is 2.27. The summed E-state index contributed by atoms with van der Waals surface area (Å²) in [5.41, 5.74) is 0.632. The summed E-state index contributed by atoms with van der Waals surface area (Å²) in [5.74, 6) is -1.37. The van der Waals surface area contributed by atoms with E-state index >= 15 is 0 Å². The second-order valence-electron chi connectivity index (χ2n) is 6.05. The van der Waals surface area contributed by atoms with Crippen molar-refractivity contribution in [3.05, 3.63) is 58.4 Å². The molecule has 1 aliphatic rings. The smallest absolute Gasteiger partial charge is 0.256 e. The first kappa shape index (κ1) is 19.8. The summed E-state index contributed by atoms with van der Waals surface area (Å²) >= 11 is 5.72. The monoisotopic (exact) mass is 412 g/mol. The molecule has 0 unspecified atom stereocenters. The van der Waals surface area contributed by atoms with Crippen LogP contribution in [0, 0.1) is 12.7 Å². The SMILES string of the molecule is Cc1ccc(S(=O)(=O)N2CCOCC2)cc1C(=O)Nc1cccc(Cl)c1F. The largest absolute Gasteiger partial charge is 0.379 e. The Bertz CT molecular complexity index is 975. The molecule has 0 atom stereocenters. The molecular formula is C18H18ClFN2O4S. The molecule has 6 nitrogen and oxygen atoms in total. The summed E-state index contributed by atoms with van der Waals surface area (Å²) in [6, 6.07) is 8.56. The van der Waals surface area contributed by atoms with Crippen molar-refractivity contribution in [2.24, 2.45) is 0 Å². The Morgan fingerprint density at radius 2 is 1.93 bits per heavy atom. The molecule has 1 amide bonds. The lowest BCUT2D eigenvalue weighted by Crippen LogP contribution is -2.40. The van der Waals surface area contributed by atoms with Crippen LogP contribution in [0.3, 0.4) is 0 Å². The molecule has 2 aromatic carbocycles. The van der Waals surface area contributed by atoms with Crippen LogP contribution in [0.4, 0.5) is 10.1 Å². The van der Waals surface area contributed by atoms with E-state index in [1.165, 1.54) is 34.6 Å². The fraction of sp³-hybridized carbons (Fsp3) is 0.278. The Labute approximate surface area is 161 Å². The summed E-state index contributed by atoms with van der Waals surface area (Å²) in [4.78, 5) is 12.6. The van der Waals surface area contributed by atoms with Gasteiger partial charge in [0.15, 0.2) is 5.82 Å². The number of morpholine rings is 1. The van der Waals surface area contributed by atoms with E-state index in [1.54, 1.807) is 13.0 Å². The third-order valence-electron chi connectivity index (χ3n) is 4.26. The predicted octanol–water partition coefficient (Wildman–Crippen LogP) is 3.06. The first-order chi connectivity index (χ1) is 12.8. The second kappa shape index (κ2) is 7.93. The van der Waals surface area contributed by atoms with Crippen molar-refractivity contribution >= 4 is 33.2 Å². The molecule has 1 fully saturated rings. The number of nitrogens with zero attached hydrogens (tertiary/aromatic N) is 1. The van der Waals surface area contributed by atoms with Crippen molar-refractivity contribution in [1.82, 2.24) is 4.31 Å². The first-order valence-corrected chi connectivity index (χ1v) is 10.1. The Balaban J connectivity index is 1.91. The maximum absolute atomic E-state index is 14.0. The van der Waals surface area contributed by atoms with Crippen LogP contribution >= 0.6 is 11.6 Å². The second-order valence-corrected chi connectivity index (χ2v) is 8.39. The van der Waals surface area contributed by atoms with E-state index in [0.717, 1.165) is 0 Å². The Hall–Kier alpha value is -2.00. The number of anilines is 1. The van der Waals surface area contributed by atoms with E-state index in [1.807, 2.05) is 0 Å². The van der Waals surface area contributed by atoms with Gasteiger partial charge in [0.25, 0.3) is 5.91 Å². The van der Waals surface area contributed by atoms with Crippen LogP contribution in [-0.4, -0.2) is 44.9 Å². The average molecular weight is 413 g/mol. The number of rotatable bonds is 4. The molecule has 0 aliphatic carbocycles. The zero-order chi connectivity index (χ0) is 19.6. The highest BCUT2D eigenvalue weighted by molar-refractivity contribution is 7.89. The molecule has 0 spiro atoms. The van der Waals surface area contributed by atoms with Crippen LogP contribution in [-0.2, 0) is 14.8 Å². The topological polar surface area (TPSA) is 75.7 Å². The minimum atomic E-state index is -3.74. The molecule has 144 valence electrons. The van der Waals surface area contributed by atoms with Gasteiger partial charge in [-0.3, -0.25) is 4.79 Å². The van der Waals surface area contributed by atoms with Crippen molar-refractivity contribution in [2.75, 3.05) is 31.6 Å². The van der Waals surface area contributed by atoms with E-state index < -0.39 is 21.7 Å². The van der Waals surface area contributed by atoms with Gasteiger partial charge in [0.1, 0.15) is 0 Å². The molecule has 27 heavy (non-hydrogen) atoms. The number of ether oxygens (including phenoxy) is 1. The molecule has 3 rings (SSSR count). The van der Waals surface area contributed by atoms with Gasteiger partial charge in [0, 0.05) is 18.7 Å². The number of sulfonamides is 1. The number of hydrogen-bond acceptors (Lipinski definition) is 4. The number of halogens is 2. The predicted molar refractivity (Wildman–Crippen MR) is 100 cm³/mol. The fourth-order valence-electron chi connectivity index (χ4n) is 2.73. The van der Waals surface area contributed by atoms with Gasteiger partial charge >= 0.3 is 0 Å². The van der Waals surface area contributed by atoms with Crippen LogP contribution in [0.25, 0.3) is 0 Å². The molecular weight excluding hydrogens is 395 g/mol. The molecule has 1 N–H and O–H groups in total. The van der Waals surface area contributed by atoms with Gasteiger partial charge in [-0.15, -0.1) is 0 Å². The van der Waals surface area contributed by atoms with Crippen LogP contribution < -0.4 is 5.32 Å². The number of hydrogen-bond donors (Lipinski definition) is 1. The van der Waals surface area contributed by atoms with Crippen LogP contribution in [0.2, 0.25) is 5.02 Å². The van der Waals surface area contributed by atoms with Gasteiger partial charge in [-0.1, -0.05) is 23.7 Å². The van der Waals surface area contributed by atoms with Gasteiger partial charge in [-0.2, -0.15) is 4.31 Å². The maximum atomic E-state index is 14.0. The number of nitrogens with one attached hydrogen (secondary N) is 1. The van der Waals surface area contributed by atoms with Crippen LogP contribution in [0.1, 0.15) is 15.9 Å². The van der Waals surface area contributed by atoms with Crippen molar-refractivity contribution in [2.45, 2.75) is 11.8 Å². The lowest BCUT2D eigenvalue weighted by molar-refractivity contribution is 0.0730. The molecule has 0 bridgehead atoms. The van der Waals surface area contributed by atoms with E-state index in [-0.39, 0.29) is 34.3 Å². The zero-order valence-corrected chi connectivity index (χ0v) is 16.1. The zero-order valence-electron chi connectivity index (χ0n) is 14.5. The maximum Gasteiger partial charge on any atom is 0.256 e. The summed E-state index contributed by atoms with van der Waals surface area (Å²) in [7, 11) is -3.74. The van der Waals surface area contributed by atoms with Crippen LogP contribution in [0.5, 0.6) is 0 Å². The van der Waals surface area contributed by atoms with E-state index in [0.29, 0.717) is 18.8 Å². The van der Waals surface area contributed by atoms with Crippen molar-refractivity contribution in [3.8, 4) is 0 Å². The first-order valence-electron chi connectivity index (χ1n) is 8.24. The molecule has 1 aliphatic heterocycles. The minimum Gasteiger partial charge on any atom is -0.379 e. The van der Waals surface area contributed by atoms with Gasteiger partial charge < -0.3 is 10.1 Å². The number of carbonyl (C=O) groups excluding carboxylic acids is 1. The summed E-state index contributed by atoms with van der Waals surface area (Å²) in [6.45, 7) is 2.84. The summed E-state index contributed by atoms with van der Waals surface area (Å²) in [5, 5.41) is 2.32. The van der Waals surface area contributed by atoms with Crippen LogP contribution in [0.15, 0.2) is 41.3 Å². The number of aryl methyl sites for hydroxylation is 1. The van der Waals surface area contributed by atoms with E-state index in [2.05, 4.69) is 5.32 Å². The minimum absolute atomic E-state index is 0.00622. The molecule has 1 heterocycles. The third-order valence-corrected chi connectivity index (χ3v) is 6.45. The summed E-state index contributed by atoms with van der Waals surface area (Å²) < 4.78 is 46.1. The molecule has 9 heteroatoms. The molecule has 2 aromatic rings. The van der Waals surface area contributed by atoms with E-state index in [4.69, 9.17) is 16.3 Å². The normalized spacial score (nSPS) is 15.5. The van der Waals surface area contributed by atoms with Gasteiger partial charge in [-0.25, -0.2) is 12.8 Å². The fourth-order valence-corrected chi connectivity index (χ4v) is 4.34. The number of benzene rings is 2. The molecule has 0 saturated carbocycles. The van der Waals surface area contributed by atoms with Crippen molar-refractivity contribution in [3.63, 3.8) is 0 Å². The third kappa shape index (κ3) is 4.14. The lowest BCUT2D eigenvalue weighted by atomic mass is 10.1.